The summed E-state index contributed by atoms with van der Waals surface area (Å²) in [6, 6.07) is 17.3. The van der Waals surface area contributed by atoms with E-state index in [1.165, 1.54) is 56.1 Å². The zero-order valence-corrected chi connectivity index (χ0v) is 16.7. The van der Waals surface area contributed by atoms with Crippen LogP contribution in [0.1, 0.15) is 67.7 Å². The minimum atomic E-state index is 0.912. The van der Waals surface area contributed by atoms with Crippen molar-refractivity contribution in [2.45, 2.75) is 58.3 Å². The Morgan fingerprint density at radius 3 is 1.85 bits per heavy atom. The lowest BCUT2D eigenvalue weighted by Crippen LogP contribution is -2.14. The summed E-state index contributed by atoms with van der Waals surface area (Å²) in [4.78, 5) is 0. The van der Waals surface area contributed by atoms with Crippen LogP contribution in [0.25, 0.3) is 0 Å². The molecule has 0 aliphatic heterocycles. The average Bonchev–Trinajstić information content (AvgIpc) is 2.73. The highest BCUT2D eigenvalue weighted by molar-refractivity contribution is 5.44. The molecule has 0 spiro atoms. The fraction of sp³-hybridized carbons (Fsp3) is 0.407. The van der Waals surface area contributed by atoms with Crippen LogP contribution in [0.4, 0.5) is 0 Å². The summed E-state index contributed by atoms with van der Waals surface area (Å²) in [7, 11) is 0. The third-order valence-corrected chi connectivity index (χ3v) is 6.02. The van der Waals surface area contributed by atoms with Gasteiger partial charge in [-0.2, -0.15) is 0 Å². The molecule has 0 unspecified atom stereocenters. The molecule has 3 rings (SSSR count). The molecule has 1 aliphatic rings. The molecule has 140 valence electrons. The Morgan fingerprint density at radius 1 is 0.815 bits per heavy atom. The SMILES string of the molecule is C=CCc1ccc(C#Cc2ccc(CCC3CCC(CC)CC3)cc2)cc1. The van der Waals surface area contributed by atoms with Gasteiger partial charge in [0.05, 0.1) is 0 Å². The number of benzene rings is 2. The number of allylic oxidation sites excluding steroid dienone is 1. The Morgan fingerprint density at radius 2 is 1.33 bits per heavy atom. The zero-order chi connectivity index (χ0) is 18.9. The molecule has 0 heteroatoms. The molecule has 0 radical (unpaired) electrons. The van der Waals surface area contributed by atoms with Crippen molar-refractivity contribution in [2.75, 3.05) is 0 Å². The van der Waals surface area contributed by atoms with E-state index in [1.807, 2.05) is 6.08 Å². The highest BCUT2D eigenvalue weighted by Gasteiger charge is 2.19. The maximum atomic E-state index is 3.78. The van der Waals surface area contributed by atoms with E-state index in [1.54, 1.807) is 0 Å². The second-order valence-electron chi connectivity index (χ2n) is 7.97. The lowest BCUT2D eigenvalue weighted by molar-refractivity contribution is 0.259. The number of hydrogen-bond donors (Lipinski definition) is 0. The van der Waals surface area contributed by atoms with Crippen LogP contribution in [0.15, 0.2) is 61.2 Å². The van der Waals surface area contributed by atoms with Gasteiger partial charge in [0, 0.05) is 11.1 Å². The van der Waals surface area contributed by atoms with Gasteiger partial charge in [0.25, 0.3) is 0 Å². The van der Waals surface area contributed by atoms with Gasteiger partial charge in [0.15, 0.2) is 0 Å². The second-order valence-corrected chi connectivity index (χ2v) is 7.97. The van der Waals surface area contributed by atoms with Crippen LogP contribution >= 0.6 is 0 Å². The fourth-order valence-electron chi connectivity index (χ4n) is 4.09. The summed E-state index contributed by atoms with van der Waals surface area (Å²) in [6.07, 6.45) is 12.5. The van der Waals surface area contributed by atoms with Gasteiger partial charge in [0.1, 0.15) is 0 Å². The first-order valence-electron chi connectivity index (χ1n) is 10.6. The molecule has 0 aromatic heterocycles. The summed E-state index contributed by atoms with van der Waals surface area (Å²) >= 11 is 0. The Kier molecular flexibility index (Phi) is 7.35. The number of hydrogen-bond acceptors (Lipinski definition) is 0. The molecule has 1 saturated carbocycles. The molecule has 0 atom stereocenters. The van der Waals surface area contributed by atoms with E-state index in [4.69, 9.17) is 0 Å². The smallest absolute Gasteiger partial charge is 0.0249 e. The zero-order valence-electron chi connectivity index (χ0n) is 16.7. The maximum Gasteiger partial charge on any atom is 0.0249 e. The molecule has 1 fully saturated rings. The molecule has 27 heavy (non-hydrogen) atoms. The van der Waals surface area contributed by atoms with Gasteiger partial charge in [-0.1, -0.05) is 81.2 Å². The predicted molar refractivity (Wildman–Crippen MR) is 117 cm³/mol. The Balaban J connectivity index is 1.49. The molecular weight excluding hydrogens is 324 g/mol. The van der Waals surface area contributed by atoms with E-state index in [-0.39, 0.29) is 0 Å². The highest BCUT2D eigenvalue weighted by atomic mass is 14.2. The van der Waals surface area contributed by atoms with E-state index in [2.05, 4.69) is 73.9 Å². The maximum absolute atomic E-state index is 3.78. The average molecular weight is 357 g/mol. The fourth-order valence-corrected chi connectivity index (χ4v) is 4.09. The van der Waals surface area contributed by atoms with Crippen molar-refractivity contribution in [3.05, 3.63) is 83.4 Å². The molecule has 2 aromatic rings. The normalized spacial score (nSPS) is 19.1. The van der Waals surface area contributed by atoms with E-state index in [0.29, 0.717) is 0 Å². The Bertz CT molecular complexity index is 760. The third-order valence-electron chi connectivity index (χ3n) is 6.02. The van der Waals surface area contributed by atoms with Gasteiger partial charge in [-0.25, -0.2) is 0 Å². The summed E-state index contributed by atoms with van der Waals surface area (Å²) in [5.74, 6) is 8.49. The quantitative estimate of drug-likeness (QED) is 0.387. The summed E-state index contributed by atoms with van der Waals surface area (Å²) in [6.45, 7) is 6.12. The Labute approximate surface area is 165 Å². The Hall–Kier alpha value is -2.26. The highest BCUT2D eigenvalue weighted by Crippen LogP contribution is 2.33. The van der Waals surface area contributed by atoms with Crippen molar-refractivity contribution in [1.82, 2.24) is 0 Å². The van der Waals surface area contributed by atoms with Crippen molar-refractivity contribution in [1.29, 1.82) is 0 Å². The second kappa shape index (κ2) is 10.2. The molecule has 0 amide bonds. The molecule has 2 aromatic carbocycles. The molecule has 0 N–H and O–H groups in total. The lowest BCUT2D eigenvalue weighted by atomic mass is 9.78. The molecule has 0 heterocycles. The molecule has 0 bridgehead atoms. The standard InChI is InChI=1S/C27H32/c1-3-5-23-10-12-25(13-11-23)16-17-27-20-18-26(19-21-27)15-14-24-8-6-22(4-2)7-9-24/h3,10-13,18-22,24H,1,4-9,14-15H2,2H3. The first-order valence-corrected chi connectivity index (χ1v) is 10.6. The van der Waals surface area contributed by atoms with Crippen LogP contribution in [-0.4, -0.2) is 0 Å². The third kappa shape index (κ3) is 6.14. The van der Waals surface area contributed by atoms with Gasteiger partial charge >= 0.3 is 0 Å². The van der Waals surface area contributed by atoms with E-state index >= 15 is 0 Å². The van der Waals surface area contributed by atoms with E-state index in [9.17, 15) is 0 Å². The van der Waals surface area contributed by atoms with Gasteiger partial charge in [-0.05, 0) is 66.5 Å². The van der Waals surface area contributed by atoms with Gasteiger partial charge in [-0.3, -0.25) is 0 Å². The predicted octanol–water partition coefficient (Wildman–Crippen LogP) is 6.96. The van der Waals surface area contributed by atoms with Crippen molar-refractivity contribution in [3.63, 3.8) is 0 Å². The summed E-state index contributed by atoms with van der Waals surface area (Å²) < 4.78 is 0. The lowest BCUT2D eigenvalue weighted by Gasteiger charge is -2.27. The number of aryl methyl sites for hydroxylation is 1. The first-order chi connectivity index (χ1) is 13.3. The largest absolute Gasteiger partial charge is 0.103 e. The van der Waals surface area contributed by atoms with Crippen LogP contribution in [0.5, 0.6) is 0 Å². The molecule has 1 aliphatic carbocycles. The van der Waals surface area contributed by atoms with Crippen molar-refractivity contribution >= 4 is 0 Å². The van der Waals surface area contributed by atoms with Crippen molar-refractivity contribution in [3.8, 4) is 11.8 Å². The minimum Gasteiger partial charge on any atom is -0.103 e. The monoisotopic (exact) mass is 356 g/mol. The van der Waals surface area contributed by atoms with Crippen LogP contribution in [-0.2, 0) is 12.8 Å². The summed E-state index contributed by atoms with van der Waals surface area (Å²) in [5, 5.41) is 0. The van der Waals surface area contributed by atoms with E-state index in [0.717, 1.165) is 29.4 Å². The van der Waals surface area contributed by atoms with Crippen molar-refractivity contribution < 1.29 is 0 Å². The van der Waals surface area contributed by atoms with Crippen LogP contribution < -0.4 is 0 Å². The topological polar surface area (TPSA) is 0 Å². The van der Waals surface area contributed by atoms with Gasteiger partial charge < -0.3 is 0 Å². The first kappa shape index (κ1) is 19.5. The molecular formula is C27H32. The van der Waals surface area contributed by atoms with Crippen molar-refractivity contribution in [2.24, 2.45) is 11.8 Å². The molecule has 0 saturated heterocycles. The van der Waals surface area contributed by atoms with Gasteiger partial charge in [-0.15, -0.1) is 6.58 Å². The van der Waals surface area contributed by atoms with Gasteiger partial charge in [0.2, 0.25) is 0 Å². The molecule has 0 nitrogen and oxygen atoms in total. The van der Waals surface area contributed by atoms with E-state index < -0.39 is 0 Å². The van der Waals surface area contributed by atoms with Crippen LogP contribution in [0.2, 0.25) is 0 Å². The van der Waals surface area contributed by atoms with Crippen LogP contribution in [0.3, 0.4) is 0 Å². The van der Waals surface area contributed by atoms with Crippen LogP contribution in [0, 0.1) is 23.7 Å². The summed E-state index contributed by atoms with van der Waals surface area (Å²) in [5.41, 5.74) is 4.89. The number of rotatable bonds is 6. The minimum absolute atomic E-state index is 0.912.